The fraction of sp³-hybridized carbons (Fsp3) is 0.400. The molecule has 2 fully saturated rings. The van der Waals surface area contributed by atoms with Crippen molar-refractivity contribution in [3.05, 3.63) is 78.4 Å². The average Bonchev–Trinajstić information content (AvgIpc) is 3.17. The summed E-state index contributed by atoms with van der Waals surface area (Å²) in [7, 11) is 0. The van der Waals surface area contributed by atoms with Crippen LogP contribution in [-0.4, -0.2) is 60.1 Å². The van der Waals surface area contributed by atoms with E-state index in [9.17, 15) is 9.59 Å². The van der Waals surface area contributed by atoms with E-state index < -0.39 is 5.54 Å². The van der Waals surface area contributed by atoms with Gasteiger partial charge in [0.1, 0.15) is 5.54 Å². The first-order chi connectivity index (χ1) is 17.6. The van der Waals surface area contributed by atoms with Gasteiger partial charge in [-0.2, -0.15) is 0 Å². The third-order valence-corrected chi connectivity index (χ3v) is 7.65. The number of para-hydroxylation sites is 1. The van der Waals surface area contributed by atoms with Gasteiger partial charge in [-0.15, -0.1) is 0 Å². The maximum absolute atomic E-state index is 13.9. The minimum atomic E-state index is -0.527. The fourth-order valence-electron chi connectivity index (χ4n) is 5.77. The van der Waals surface area contributed by atoms with E-state index in [0.29, 0.717) is 32.7 Å². The van der Waals surface area contributed by atoms with Crippen molar-refractivity contribution in [3.8, 4) is 0 Å². The molecule has 2 saturated heterocycles. The Morgan fingerprint density at radius 1 is 0.944 bits per heavy atom. The highest BCUT2D eigenvalue weighted by atomic mass is 16.5. The molecule has 6 nitrogen and oxygen atoms in total. The molecule has 1 amide bonds. The van der Waals surface area contributed by atoms with Gasteiger partial charge in [0.15, 0.2) is 0 Å². The molecule has 3 aromatic rings. The van der Waals surface area contributed by atoms with Crippen molar-refractivity contribution >= 4 is 28.3 Å². The van der Waals surface area contributed by atoms with Gasteiger partial charge >= 0.3 is 5.97 Å². The van der Waals surface area contributed by atoms with E-state index in [1.165, 1.54) is 16.3 Å². The van der Waals surface area contributed by atoms with Crippen LogP contribution in [-0.2, 0) is 20.9 Å². The summed E-state index contributed by atoms with van der Waals surface area (Å²) >= 11 is 0. The van der Waals surface area contributed by atoms with Crippen molar-refractivity contribution in [3.63, 3.8) is 0 Å². The maximum atomic E-state index is 13.9. The Bertz CT molecular complexity index is 1200. The van der Waals surface area contributed by atoms with E-state index >= 15 is 0 Å². The first-order valence-electron chi connectivity index (χ1n) is 13.1. The molecule has 2 aliphatic heterocycles. The van der Waals surface area contributed by atoms with Crippen LogP contribution in [0.3, 0.4) is 0 Å². The second kappa shape index (κ2) is 10.7. The third-order valence-electron chi connectivity index (χ3n) is 7.65. The lowest BCUT2D eigenvalue weighted by atomic mass is 9.85. The third kappa shape index (κ3) is 4.82. The number of amides is 1. The molecule has 0 aliphatic carbocycles. The molecule has 0 atom stereocenters. The molecule has 1 spiro atoms. The molecule has 0 unspecified atom stereocenters. The fourth-order valence-corrected chi connectivity index (χ4v) is 5.77. The van der Waals surface area contributed by atoms with E-state index in [4.69, 9.17) is 4.74 Å². The molecule has 0 bridgehead atoms. The standard InChI is InChI=1S/C30H35N3O3/c1-2-36-28(34)16-9-19-32-23-33(26-13-4-3-5-14-26)30(29(32)35)17-20-31(21-18-30)22-25-12-8-11-24-10-6-7-15-27(24)25/h3-8,10-15H,2,9,16-23H2,1H3. The van der Waals surface area contributed by atoms with Gasteiger partial charge in [0, 0.05) is 38.3 Å². The molecular weight excluding hydrogens is 450 g/mol. The molecule has 5 rings (SSSR count). The molecule has 3 aromatic carbocycles. The number of likely N-dealkylation sites (tertiary alicyclic amines) is 1. The molecular formula is C30H35N3O3. The number of carbonyl (C=O) groups is 2. The lowest BCUT2D eigenvalue weighted by Gasteiger charge is -2.43. The van der Waals surface area contributed by atoms with Crippen LogP contribution in [0.15, 0.2) is 72.8 Å². The Morgan fingerprint density at radius 3 is 2.44 bits per heavy atom. The largest absolute Gasteiger partial charge is 0.466 e. The smallest absolute Gasteiger partial charge is 0.305 e. The summed E-state index contributed by atoms with van der Waals surface area (Å²) in [5, 5.41) is 2.57. The van der Waals surface area contributed by atoms with Crippen LogP contribution < -0.4 is 4.90 Å². The predicted octanol–water partition coefficient (Wildman–Crippen LogP) is 4.82. The van der Waals surface area contributed by atoms with Crippen molar-refractivity contribution < 1.29 is 14.3 Å². The van der Waals surface area contributed by atoms with E-state index in [1.54, 1.807) is 0 Å². The Hall–Kier alpha value is -3.38. The van der Waals surface area contributed by atoms with Gasteiger partial charge in [0.05, 0.1) is 13.3 Å². The number of hydrogen-bond donors (Lipinski definition) is 0. The van der Waals surface area contributed by atoms with E-state index in [2.05, 4.69) is 64.4 Å². The zero-order valence-corrected chi connectivity index (χ0v) is 21.1. The quantitative estimate of drug-likeness (QED) is 0.428. The Labute approximate surface area is 213 Å². The Kier molecular flexibility index (Phi) is 7.23. The van der Waals surface area contributed by atoms with Crippen LogP contribution >= 0.6 is 0 Å². The van der Waals surface area contributed by atoms with Gasteiger partial charge in [-0.1, -0.05) is 60.7 Å². The Balaban J connectivity index is 1.30. The zero-order valence-electron chi connectivity index (χ0n) is 21.1. The summed E-state index contributed by atoms with van der Waals surface area (Å²) in [5.74, 6) is 0.000501. The summed E-state index contributed by atoms with van der Waals surface area (Å²) < 4.78 is 5.06. The van der Waals surface area contributed by atoms with Crippen molar-refractivity contribution in [2.45, 2.75) is 44.7 Å². The monoisotopic (exact) mass is 485 g/mol. The predicted molar refractivity (Wildman–Crippen MR) is 143 cm³/mol. The van der Waals surface area contributed by atoms with Gasteiger partial charge in [-0.05, 0) is 54.7 Å². The number of rotatable bonds is 8. The Morgan fingerprint density at radius 2 is 1.67 bits per heavy atom. The van der Waals surface area contributed by atoms with Gasteiger partial charge in [-0.3, -0.25) is 14.5 Å². The molecule has 2 aliphatic rings. The number of fused-ring (bicyclic) bond motifs is 1. The van der Waals surface area contributed by atoms with Crippen LogP contribution in [0.5, 0.6) is 0 Å². The highest BCUT2D eigenvalue weighted by molar-refractivity contribution is 5.93. The zero-order chi connectivity index (χ0) is 25.0. The summed E-state index contributed by atoms with van der Waals surface area (Å²) in [4.78, 5) is 32.4. The molecule has 0 saturated carbocycles. The van der Waals surface area contributed by atoms with Crippen molar-refractivity contribution in [1.29, 1.82) is 0 Å². The van der Waals surface area contributed by atoms with Gasteiger partial charge in [0.25, 0.3) is 0 Å². The lowest BCUT2D eigenvalue weighted by molar-refractivity contribution is -0.143. The van der Waals surface area contributed by atoms with Crippen molar-refractivity contribution in [1.82, 2.24) is 9.80 Å². The first kappa shape index (κ1) is 24.3. The number of nitrogens with zero attached hydrogens (tertiary/aromatic N) is 3. The minimum Gasteiger partial charge on any atom is -0.466 e. The van der Waals surface area contributed by atoms with Crippen LogP contribution in [0.2, 0.25) is 0 Å². The second-order valence-electron chi connectivity index (χ2n) is 9.83. The molecule has 0 N–H and O–H groups in total. The lowest BCUT2D eigenvalue weighted by Crippen LogP contribution is -2.56. The van der Waals surface area contributed by atoms with E-state index in [1.807, 2.05) is 30.0 Å². The van der Waals surface area contributed by atoms with Gasteiger partial charge in [-0.25, -0.2) is 0 Å². The van der Waals surface area contributed by atoms with Crippen LogP contribution in [0.1, 0.15) is 38.2 Å². The summed E-state index contributed by atoms with van der Waals surface area (Å²) in [6.07, 6.45) is 2.55. The number of anilines is 1. The van der Waals surface area contributed by atoms with Crippen LogP contribution in [0.4, 0.5) is 5.69 Å². The maximum Gasteiger partial charge on any atom is 0.305 e. The number of piperidine rings is 1. The van der Waals surface area contributed by atoms with E-state index in [-0.39, 0.29) is 11.9 Å². The summed E-state index contributed by atoms with van der Waals surface area (Å²) in [5.41, 5.74) is 1.89. The summed E-state index contributed by atoms with van der Waals surface area (Å²) in [6.45, 7) is 5.97. The number of esters is 1. The number of benzene rings is 3. The molecule has 188 valence electrons. The van der Waals surface area contributed by atoms with Gasteiger partial charge < -0.3 is 14.5 Å². The highest BCUT2D eigenvalue weighted by Gasteiger charge is 2.53. The van der Waals surface area contributed by atoms with Crippen LogP contribution in [0, 0.1) is 0 Å². The molecule has 0 radical (unpaired) electrons. The molecule has 36 heavy (non-hydrogen) atoms. The second-order valence-corrected chi connectivity index (χ2v) is 9.83. The molecule has 6 heteroatoms. The van der Waals surface area contributed by atoms with Crippen molar-refractivity contribution in [2.75, 3.05) is 37.8 Å². The number of ether oxygens (including phenoxy) is 1. The molecule has 2 heterocycles. The minimum absolute atomic E-state index is 0.194. The average molecular weight is 486 g/mol. The topological polar surface area (TPSA) is 53.1 Å². The van der Waals surface area contributed by atoms with Gasteiger partial charge in [0.2, 0.25) is 5.91 Å². The van der Waals surface area contributed by atoms with E-state index in [0.717, 1.165) is 38.2 Å². The highest BCUT2D eigenvalue weighted by Crippen LogP contribution is 2.40. The molecule has 0 aromatic heterocycles. The summed E-state index contributed by atoms with van der Waals surface area (Å²) in [6, 6.07) is 25.3. The normalized spacial score (nSPS) is 17.8. The SMILES string of the molecule is CCOC(=O)CCCN1CN(c2ccccc2)C2(CCN(Cc3cccc4ccccc34)CC2)C1=O. The first-order valence-corrected chi connectivity index (χ1v) is 13.1. The van der Waals surface area contributed by atoms with Crippen molar-refractivity contribution in [2.24, 2.45) is 0 Å². The number of hydrogen-bond acceptors (Lipinski definition) is 5. The number of carbonyl (C=O) groups excluding carboxylic acids is 2. The van der Waals surface area contributed by atoms with Crippen LogP contribution in [0.25, 0.3) is 10.8 Å².